The number of rotatable bonds is 8. The van der Waals surface area contributed by atoms with Crippen LogP contribution in [0.5, 0.6) is 5.75 Å². The topological polar surface area (TPSA) is 70.7 Å². The van der Waals surface area contributed by atoms with Crippen molar-refractivity contribution in [3.8, 4) is 5.75 Å². The summed E-state index contributed by atoms with van der Waals surface area (Å²) >= 11 is 11.2. The summed E-state index contributed by atoms with van der Waals surface area (Å²) in [5.74, 6) is -1.73. The van der Waals surface area contributed by atoms with Crippen LogP contribution in [0, 0.1) is 0 Å². The van der Waals surface area contributed by atoms with Crippen LogP contribution in [0.15, 0.2) is 54.6 Å². The second-order valence-electron chi connectivity index (χ2n) is 8.66. The average Bonchev–Trinajstić information content (AvgIpc) is 2.84. The van der Waals surface area contributed by atoms with Gasteiger partial charge in [-0.2, -0.15) is 26.3 Å². The number of benzene rings is 3. The van der Waals surface area contributed by atoms with E-state index in [9.17, 15) is 35.9 Å². The first-order chi connectivity index (χ1) is 18.6. The maximum absolute atomic E-state index is 13.2. The van der Waals surface area contributed by atoms with Gasteiger partial charge in [0.1, 0.15) is 12.4 Å². The van der Waals surface area contributed by atoms with Crippen molar-refractivity contribution in [1.82, 2.24) is 4.90 Å². The SMILES string of the molecule is CN(C)CCOc1cc(C(=O)Nc2ccc(Cl)c(C(F)(F)F)c2)ccc1C(=O)Nc1ccc(Cl)c(C(F)(F)F)c1. The molecule has 2 N–H and O–H groups in total. The number of ether oxygens (including phenoxy) is 1. The van der Waals surface area contributed by atoms with E-state index < -0.39 is 45.3 Å². The van der Waals surface area contributed by atoms with Gasteiger partial charge in [0.05, 0.1) is 26.7 Å². The third-order valence-corrected chi connectivity index (χ3v) is 6.00. The molecule has 0 unspecified atom stereocenters. The molecule has 0 heterocycles. The molecule has 3 aromatic rings. The summed E-state index contributed by atoms with van der Waals surface area (Å²) in [5, 5.41) is 3.59. The molecule has 2 amide bonds. The van der Waals surface area contributed by atoms with Gasteiger partial charge in [0.25, 0.3) is 11.8 Å². The molecule has 0 fully saturated rings. The highest BCUT2D eigenvalue weighted by Gasteiger charge is 2.34. The highest BCUT2D eigenvalue weighted by Crippen LogP contribution is 2.37. The maximum Gasteiger partial charge on any atom is 0.417 e. The van der Waals surface area contributed by atoms with E-state index in [1.165, 1.54) is 30.3 Å². The first kappa shape index (κ1) is 31.1. The van der Waals surface area contributed by atoms with Gasteiger partial charge in [-0.25, -0.2) is 0 Å². The number of nitrogens with one attached hydrogen (secondary N) is 2. The van der Waals surface area contributed by atoms with Crippen LogP contribution < -0.4 is 15.4 Å². The number of hydrogen-bond acceptors (Lipinski definition) is 4. The first-order valence-corrected chi connectivity index (χ1v) is 12.1. The van der Waals surface area contributed by atoms with Crippen LogP contribution in [-0.2, 0) is 12.4 Å². The normalized spacial score (nSPS) is 11.9. The lowest BCUT2D eigenvalue weighted by molar-refractivity contribution is -0.138. The molecule has 40 heavy (non-hydrogen) atoms. The standard InChI is InChI=1S/C26H21Cl2F6N3O3/c1-37(2)9-10-40-22-11-14(23(38)35-15-4-7-20(27)18(12-15)25(29,30)31)3-6-17(22)24(39)36-16-5-8-21(28)19(13-16)26(32,33)34/h3-8,11-13H,9-10H2,1-2H3,(H,35,38)(H,36,39). The van der Waals surface area contributed by atoms with E-state index in [1.54, 1.807) is 19.0 Å². The molecule has 6 nitrogen and oxygen atoms in total. The van der Waals surface area contributed by atoms with E-state index in [1.807, 2.05) is 0 Å². The summed E-state index contributed by atoms with van der Waals surface area (Å²) in [6, 6.07) is 9.33. The summed E-state index contributed by atoms with van der Waals surface area (Å²) in [5.41, 5.74) is -2.82. The number of carbonyl (C=O) groups excluding carboxylic acids is 2. The molecule has 14 heteroatoms. The lowest BCUT2D eigenvalue weighted by atomic mass is 10.1. The monoisotopic (exact) mass is 607 g/mol. The Morgan fingerprint density at radius 3 is 1.75 bits per heavy atom. The van der Waals surface area contributed by atoms with Crippen molar-refractivity contribution in [3.63, 3.8) is 0 Å². The number of likely N-dealkylation sites (N-methyl/N-ethyl adjacent to an activating group) is 1. The zero-order valence-corrected chi connectivity index (χ0v) is 22.3. The highest BCUT2D eigenvalue weighted by molar-refractivity contribution is 6.32. The minimum Gasteiger partial charge on any atom is -0.491 e. The molecule has 0 saturated carbocycles. The van der Waals surface area contributed by atoms with E-state index in [0.717, 1.165) is 12.1 Å². The molecule has 0 saturated heterocycles. The largest absolute Gasteiger partial charge is 0.491 e. The van der Waals surface area contributed by atoms with Gasteiger partial charge in [-0.3, -0.25) is 9.59 Å². The Labute approximate surface area is 234 Å². The third kappa shape index (κ3) is 8.03. The van der Waals surface area contributed by atoms with Crippen molar-refractivity contribution in [1.29, 1.82) is 0 Å². The highest BCUT2D eigenvalue weighted by atomic mass is 35.5. The van der Waals surface area contributed by atoms with E-state index >= 15 is 0 Å². The molecule has 0 spiro atoms. The van der Waals surface area contributed by atoms with Gasteiger partial charge in [0.2, 0.25) is 0 Å². The fourth-order valence-corrected chi connectivity index (χ4v) is 3.80. The van der Waals surface area contributed by atoms with Crippen LogP contribution in [-0.4, -0.2) is 44.0 Å². The molecule has 0 aliphatic heterocycles. The van der Waals surface area contributed by atoms with Crippen molar-refractivity contribution in [2.45, 2.75) is 12.4 Å². The number of halogens is 8. The van der Waals surface area contributed by atoms with Crippen LogP contribution in [0.2, 0.25) is 10.0 Å². The van der Waals surface area contributed by atoms with Crippen LogP contribution in [0.4, 0.5) is 37.7 Å². The molecule has 3 rings (SSSR count). The predicted octanol–water partition coefficient (Wildman–Crippen LogP) is 7.48. The maximum atomic E-state index is 13.2. The number of carbonyl (C=O) groups is 2. The zero-order chi connectivity index (χ0) is 29.8. The van der Waals surface area contributed by atoms with E-state index in [-0.39, 0.29) is 34.9 Å². The van der Waals surface area contributed by atoms with Gasteiger partial charge in [-0.15, -0.1) is 0 Å². The molecular formula is C26H21Cl2F6N3O3. The minimum atomic E-state index is -4.75. The Morgan fingerprint density at radius 1 is 0.775 bits per heavy atom. The lowest BCUT2D eigenvalue weighted by Crippen LogP contribution is -2.21. The molecule has 0 aliphatic carbocycles. The predicted molar refractivity (Wildman–Crippen MR) is 139 cm³/mol. The second kappa shape index (κ2) is 12.4. The molecule has 0 aliphatic rings. The number of nitrogens with zero attached hydrogens (tertiary/aromatic N) is 1. The molecular weight excluding hydrogens is 587 g/mol. The smallest absolute Gasteiger partial charge is 0.417 e. The van der Waals surface area contributed by atoms with Crippen LogP contribution in [0.3, 0.4) is 0 Å². The third-order valence-electron chi connectivity index (χ3n) is 5.34. The minimum absolute atomic E-state index is 0.0641. The molecule has 214 valence electrons. The Morgan fingerprint density at radius 2 is 1.27 bits per heavy atom. The van der Waals surface area contributed by atoms with E-state index in [4.69, 9.17) is 27.9 Å². The van der Waals surface area contributed by atoms with Crippen LogP contribution in [0.1, 0.15) is 31.8 Å². The summed E-state index contributed by atoms with van der Waals surface area (Å²) in [7, 11) is 3.53. The van der Waals surface area contributed by atoms with Gasteiger partial charge < -0.3 is 20.3 Å². The number of amides is 2. The molecule has 3 aromatic carbocycles. The fraction of sp³-hybridized carbons (Fsp3) is 0.231. The average molecular weight is 608 g/mol. The number of alkyl halides is 6. The van der Waals surface area contributed by atoms with Crippen molar-refractivity contribution >= 4 is 46.4 Å². The van der Waals surface area contributed by atoms with Crippen LogP contribution in [0.25, 0.3) is 0 Å². The van der Waals surface area contributed by atoms with Gasteiger partial charge in [-0.1, -0.05) is 23.2 Å². The molecule has 0 atom stereocenters. The number of anilines is 2. The summed E-state index contributed by atoms with van der Waals surface area (Å²) in [6.07, 6.45) is -9.50. The second-order valence-corrected chi connectivity index (χ2v) is 9.47. The number of hydrogen-bond donors (Lipinski definition) is 2. The Bertz CT molecular complexity index is 1410. The van der Waals surface area contributed by atoms with Gasteiger partial charge in [0.15, 0.2) is 0 Å². The first-order valence-electron chi connectivity index (χ1n) is 11.3. The van der Waals surface area contributed by atoms with Crippen molar-refractivity contribution in [3.05, 3.63) is 86.9 Å². The lowest BCUT2D eigenvalue weighted by Gasteiger charge is -2.16. The van der Waals surface area contributed by atoms with Gasteiger partial charge in [0, 0.05) is 23.5 Å². The Hall–Kier alpha value is -3.48. The van der Waals surface area contributed by atoms with E-state index in [0.29, 0.717) is 18.7 Å². The summed E-state index contributed by atoms with van der Waals surface area (Å²) < 4.78 is 84.8. The fourth-order valence-electron chi connectivity index (χ4n) is 3.35. The van der Waals surface area contributed by atoms with Crippen molar-refractivity contribution < 1.29 is 40.7 Å². The van der Waals surface area contributed by atoms with Gasteiger partial charge >= 0.3 is 12.4 Å². The van der Waals surface area contributed by atoms with Crippen LogP contribution >= 0.6 is 23.2 Å². The quantitative estimate of drug-likeness (QED) is 0.261. The van der Waals surface area contributed by atoms with Crippen molar-refractivity contribution in [2.75, 3.05) is 37.9 Å². The molecule has 0 bridgehead atoms. The van der Waals surface area contributed by atoms with Gasteiger partial charge in [-0.05, 0) is 68.7 Å². The molecule has 0 radical (unpaired) electrons. The molecule has 0 aromatic heterocycles. The Balaban J connectivity index is 1.89. The Kier molecular flexibility index (Phi) is 9.60. The van der Waals surface area contributed by atoms with E-state index in [2.05, 4.69) is 10.6 Å². The summed E-state index contributed by atoms with van der Waals surface area (Å²) in [4.78, 5) is 27.6. The van der Waals surface area contributed by atoms with Crippen molar-refractivity contribution in [2.24, 2.45) is 0 Å². The zero-order valence-electron chi connectivity index (χ0n) is 20.8. The summed E-state index contributed by atoms with van der Waals surface area (Å²) in [6.45, 7) is 0.484.